The van der Waals surface area contributed by atoms with Gasteiger partial charge in [-0.25, -0.2) is 0 Å². The molecule has 0 atom stereocenters. The highest BCUT2D eigenvalue weighted by Crippen LogP contribution is 2.14. The number of nitrogens with zero attached hydrogens (tertiary/aromatic N) is 1. The van der Waals surface area contributed by atoms with Crippen LogP contribution >= 0.6 is 0 Å². The van der Waals surface area contributed by atoms with Gasteiger partial charge in [-0.15, -0.1) is 0 Å². The van der Waals surface area contributed by atoms with E-state index in [0.717, 1.165) is 13.0 Å². The molecule has 0 radical (unpaired) electrons. The van der Waals surface area contributed by atoms with E-state index in [2.05, 4.69) is 18.1 Å². The summed E-state index contributed by atoms with van der Waals surface area (Å²) in [4.78, 5) is 4.25. The van der Waals surface area contributed by atoms with Gasteiger partial charge in [-0.2, -0.15) is 0 Å². The average molecular weight is 339 g/mol. The van der Waals surface area contributed by atoms with Crippen LogP contribution in [0.5, 0.6) is 0 Å². The third-order valence-electron chi connectivity index (χ3n) is 4.82. The summed E-state index contributed by atoms with van der Waals surface area (Å²) < 4.78 is 0. The van der Waals surface area contributed by atoms with E-state index in [1.54, 1.807) is 0 Å². The molecule has 24 heavy (non-hydrogen) atoms. The summed E-state index contributed by atoms with van der Waals surface area (Å²) in [5.41, 5.74) is 5.40. The number of aliphatic imine (C=N–C) groups is 1. The number of hydrogen-bond acceptors (Lipinski definition) is 2. The molecule has 0 bridgehead atoms. The van der Waals surface area contributed by atoms with Crippen molar-refractivity contribution in [1.29, 1.82) is 0 Å². The minimum absolute atomic E-state index is 0.676. The quantitative estimate of drug-likeness (QED) is 0.187. The van der Waals surface area contributed by atoms with Crippen molar-refractivity contribution in [2.45, 2.75) is 122 Å². The molecular formula is C22H46N2. The van der Waals surface area contributed by atoms with E-state index in [0.29, 0.717) is 6.54 Å². The molecule has 0 amide bonds. The Morgan fingerprint density at radius 3 is 1.33 bits per heavy atom. The van der Waals surface area contributed by atoms with Gasteiger partial charge >= 0.3 is 0 Å². The zero-order valence-electron chi connectivity index (χ0n) is 16.7. The zero-order chi connectivity index (χ0) is 17.6. The molecule has 0 aromatic carbocycles. The first-order valence-electron chi connectivity index (χ1n) is 11.1. The van der Waals surface area contributed by atoms with Crippen LogP contribution in [0.25, 0.3) is 0 Å². The van der Waals surface area contributed by atoms with Crippen molar-refractivity contribution in [2.75, 3.05) is 13.1 Å². The molecule has 0 aliphatic heterocycles. The fourth-order valence-corrected chi connectivity index (χ4v) is 3.22. The summed E-state index contributed by atoms with van der Waals surface area (Å²) in [6, 6.07) is 0. The standard InChI is InChI=1S/C22H46N2/c1-2-3-4-5-6-7-8-9-10-11-12-13-14-15-16-17-18-19-21-24-22-20-23/h21H,2-20,22-23H2,1H3. The van der Waals surface area contributed by atoms with Crippen molar-refractivity contribution in [1.82, 2.24) is 0 Å². The van der Waals surface area contributed by atoms with E-state index in [1.165, 1.54) is 109 Å². The molecule has 0 saturated heterocycles. The molecule has 144 valence electrons. The van der Waals surface area contributed by atoms with E-state index in [1.807, 2.05) is 0 Å². The highest BCUT2D eigenvalue weighted by molar-refractivity contribution is 5.56. The third kappa shape index (κ3) is 21.6. The Labute approximate surface area is 153 Å². The monoisotopic (exact) mass is 338 g/mol. The number of unbranched alkanes of at least 4 members (excludes halogenated alkanes) is 17. The summed E-state index contributed by atoms with van der Waals surface area (Å²) >= 11 is 0. The van der Waals surface area contributed by atoms with Gasteiger partial charge in [0.1, 0.15) is 0 Å². The zero-order valence-corrected chi connectivity index (χ0v) is 16.7. The lowest BCUT2D eigenvalue weighted by Gasteiger charge is -2.03. The summed E-state index contributed by atoms with van der Waals surface area (Å²) in [6.45, 7) is 3.76. The van der Waals surface area contributed by atoms with Crippen molar-refractivity contribution in [3.8, 4) is 0 Å². The second-order valence-electron chi connectivity index (χ2n) is 7.32. The van der Waals surface area contributed by atoms with Crippen LogP contribution < -0.4 is 5.73 Å². The Kier molecular flexibility index (Phi) is 22.3. The second-order valence-corrected chi connectivity index (χ2v) is 7.32. The minimum Gasteiger partial charge on any atom is -0.329 e. The van der Waals surface area contributed by atoms with Gasteiger partial charge in [-0.05, 0) is 19.1 Å². The van der Waals surface area contributed by atoms with Crippen LogP contribution in [-0.2, 0) is 0 Å². The molecule has 0 aliphatic carbocycles. The van der Waals surface area contributed by atoms with Gasteiger partial charge in [0, 0.05) is 6.54 Å². The summed E-state index contributed by atoms with van der Waals surface area (Å²) in [6.07, 6.45) is 27.6. The summed E-state index contributed by atoms with van der Waals surface area (Å²) in [5, 5.41) is 0. The van der Waals surface area contributed by atoms with Gasteiger partial charge in [0.15, 0.2) is 0 Å². The van der Waals surface area contributed by atoms with Crippen molar-refractivity contribution in [3.63, 3.8) is 0 Å². The van der Waals surface area contributed by atoms with E-state index in [-0.39, 0.29) is 0 Å². The molecular weight excluding hydrogens is 292 g/mol. The topological polar surface area (TPSA) is 38.4 Å². The van der Waals surface area contributed by atoms with Crippen LogP contribution in [-0.4, -0.2) is 19.3 Å². The lowest BCUT2D eigenvalue weighted by atomic mass is 10.0. The molecule has 0 rings (SSSR count). The molecule has 0 heterocycles. The predicted octanol–water partition coefficient (Wildman–Crippen LogP) is 7.06. The Hall–Kier alpha value is -0.370. The smallest absolute Gasteiger partial charge is 0.0508 e. The van der Waals surface area contributed by atoms with E-state index in [9.17, 15) is 0 Å². The molecule has 0 spiro atoms. The van der Waals surface area contributed by atoms with Gasteiger partial charge < -0.3 is 5.73 Å². The predicted molar refractivity (Wildman–Crippen MR) is 111 cm³/mol. The van der Waals surface area contributed by atoms with Crippen LogP contribution in [0.2, 0.25) is 0 Å². The van der Waals surface area contributed by atoms with Crippen LogP contribution in [0.3, 0.4) is 0 Å². The number of nitrogens with two attached hydrogens (primary N) is 1. The highest BCUT2D eigenvalue weighted by Gasteiger charge is 1.94. The molecule has 0 aliphatic rings. The molecule has 2 N–H and O–H groups in total. The fourth-order valence-electron chi connectivity index (χ4n) is 3.22. The van der Waals surface area contributed by atoms with Crippen LogP contribution in [0.15, 0.2) is 4.99 Å². The van der Waals surface area contributed by atoms with Crippen LogP contribution in [0, 0.1) is 0 Å². The first kappa shape index (κ1) is 23.6. The Morgan fingerprint density at radius 2 is 0.958 bits per heavy atom. The van der Waals surface area contributed by atoms with E-state index >= 15 is 0 Å². The maximum atomic E-state index is 5.40. The van der Waals surface area contributed by atoms with Crippen molar-refractivity contribution in [3.05, 3.63) is 0 Å². The molecule has 0 aromatic rings. The molecule has 0 fully saturated rings. The fraction of sp³-hybridized carbons (Fsp3) is 0.955. The largest absolute Gasteiger partial charge is 0.329 e. The lowest BCUT2D eigenvalue weighted by molar-refractivity contribution is 0.528. The number of hydrogen-bond donors (Lipinski definition) is 1. The normalized spacial score (nSPS) is 11.6. The van der Waals surface area contributed by atoms with Gasteiger partial charge in [0.05, 0.1) is 6.54 Å². The minimum atomic E-state index is 0.676. The Morgan fingerprint density at radius 1 is 0.583 bits per heavy atom. The molecule has 0 aromatic heterocycles. The maximum Gasteiger partial charge on any atom is 0.0508 e. The van der Waals surface area contributed by atoms with Gasteiger partial charge in [-0.1, -0.05) is 110 Å². The highest BCUT2D eigenvalue weighted by atomic mass is 14.7. The number of rotatable bonds is 20. The Balaban J connectivity index is 2.98. The molecule has 2 heteroatoms. The van der Waals surface area contributed by atoms with Crippen LogP contribution in [0.4, 0.5) is 0 Å². The summed E-state index contributed by atoms with van der Waals surface area (Å²) in [5.74, 6) is 0. The lowest BCUT2D eigenvalue weighted by Crippen LogP contribution is -2.02. The first-order chi connectivity index (χ1) is 11.9. The van der Waals surface area contributed by atoms with Gasteiger partial charge in [0.2, 0.25) is 0 Å². The van der Waals surface area contributed by atoms with Crippen molar-refractivity contribution >= 4 is 6.21 Å². The van der Waals surface area contributed by atoms with E-state index in [4.69, 9.17) is 5.73 Å². The third-order valence-corrected chi connectivity index (χ3v) is 4.82. The maximum absolute atomic E-state index is 5.40. The average Bonchev–Trinajstić information content (AvgIpc) is 2.60. The Bertz CT molecular complexity index is 238. The van der Waals surface area contributed by atoms with E-state index < -0.39 is 0 Å². The first-order valence-corrected chi connectivity index (χ1v) is 11.1. The summed E-state index contributed by atoms with van der Waals surface area (Å²) in [7, 11) is 0. The molecule has 2 nitrogen and oxygen atoms in total. The molecule has 0 saturated carbocycles. The van der Waals surface area contributed by atoms with Gasteiger partial charge in [-0.3, -0.25) is 4.99 Å². The van der Waals surface area contributed by atoms with Crippen molar-refractivity contribution < 1.29 is 0 Å². The second kappa shape index (κ2) is 22.6. The van der Waals surface area contributed by atoms with Crippen LogP contribution in [0.1, 0.15) is 122 Å². The SMILES string of the molecule is CCCCCCCCCCCCCCCCCCCC=NCCN. The molecule has 0 unspecified atom stereocenters. The van der Waals surface area contributed by atoms with Gasteiger partial charge in [0.25, 0.3) is 0 Å². The van der Waals surface area contributed by atoms with Crippen molar-refractivity contribution in [2.24, 2.45) is 10.7 Å².